The summed E-state index contributed by atoms with van der Waals surface area (Å²) in [5, 5.41) is 9.61. The Morgan fingerprint density at radius 3 is 2.39 bits per heavy atom. The van der Waals surface area contributed by atoms with Crippen LogP contribution in [0.4, 0.5) is 0 Å². The van der Waals surface area contributed by atoms with E-state index < -0.39 is 12.1 Å². The third-order valence-electron chi connectivity index (χ3n) is 5.18. The van der Waals surface area contributed by atoms with Crippen LogP contribution in [0, 0.1) is 31.1 Å². The van der Waals surface area contributed by atoms with Gasteiger partial charge in [0.1, 0.15) is 11.6 Å². The van der Waals surface area contributed by atoms with Gasteiger partial charge < -0.3 is 14.2 Å². The van der Waals surface area contributed by atoms with Crippen LogP contribution in [0.1, 0.15) is 48.9 Å². The number of nitrogens with zero attached hydrogens (tertiary/aromatic N) is 3. The second kappa shape index (κ2) is 10.6. The van der Waals surface area contributed by atoms with Gasteiger partial charge in [-0.2, -0.15) is 5.26 Å². The van der Waals surface area contributed by atoms with Gasteiger partial charge in [-0.3, -0.25) is 4.79 Å². The van der Waals surface area contributed by atoms with Crippen molar-refractivity contribution in [3.8, 4) is 6.07 Å². The number of likely N-dealkylation sites (N-methyl/N-ethyl adjacent to an activating group) is 1. The highest BCUT2D eigenvalue weighted by atomic mass is 16.5. The summed E-state index contributed by atoms with van der Waals surface area (Å²) in [6.45, 7) is 9.22. The predicted octanol–water partition coefficient (Wildman–Crippen LogP) is 4.43. The Morgan fingerprint density at radius 1 is 1.19 bits per heavy atom. The van der Waals surface area contributed by atoms with E-state index in [1.54, 1.807) is 44.4 Å². The number of amides is 1. The molecule has 0 unspecified atom stereocenters. The maximum Gasteiger partial charge on any atom is 0.350 e. The molecule has 2 aromatic rings. The zero-order valence-corrected chi connectivity index (χ0v) is 19.2. The molecule has 0 spiro atoms. The molecule has 6 heteroatoms. The lowest BCUT2D eigenvalue weighted by Gasteiger charge is -2.21. The summed E-state index contributed by atoms with van der Waals surface area (Å²) < 4.78 is 7.70. The van der Waals surface area contributed by atoms with E-state index in [4.69, 9.17) is 4.74 Å². The zero-order valence-electron chi connectivity index (χ0n) is 19.2. The van der Waals surface area contributed by atoms with Crippen molar-refractivity contribution in [3.63, 3.8) is 0 Å². The Kier molecular flexibility index (Phi) is 8.21. The Morgan fingerprint density at radius 2 is 1.84 bits per heavy atom. The van der Waals surface area contributed by atoms with Gasteiger partial charge >= 0.3 is 5.97 Å². The molecule has 0 N–H and O–H groups in total. The molecular formula is C25H31N3O3. The molecule has 0 aliphatic heterocycles. The number of aryl methyl sites for hydroxylation is 1. The number of aromatic nitrogens is 1. The minimum Gasteiger partial charge on any atom is -0.443 e. The van der Waals surface area contributed by atoms with E-state index in [9.17, 15) is 14.9 Å². The first-order valence-corrected chi connectivity index (χ1v) is 10.4. The molecule has 1 aromatic heterocycles. The molecule has 0 radical (unpaired) electrons. The van der Waals surface area contributed by atoms with Gasteiger partial charge in [0.2, 0.25) is 6.10 Å². The van der Waals surface area contributed by atoms with E-state index in [0.717, 1.165) is 29.9 Å². The molecule has 0 aliphatic rings. The van der Waals surface area contributed by atoms with Gasteiger partial charge in [0, 0.05) is 37.6 Å². The lowest BCUT2D eigenvalue weighted by Crippen LogP contribution is -2.31. The van der Waals surface area contributed by atoms with Crippen LogP contribution < -0.4 is 0 Å². The lowest BCUT2D eigenvalue weighted by atomic mass is 10.1. The van der Waals surface area contributed by atoms with E-state index in [1.165, 1.54) is 4.90 Å². The molecule has 0 fully saturated rings. The molecule has 31 heavy (non-hydrogen) atoms. The van der Waals surface area contributed by atoms with Crippen molar-refractivity contribution in [1.82, 2.24) is 9.47 Å². The number of ether oxygens (including phenoxy) is 1. The molecule has 0 saturated heterocycles. The molecule has 6 nitrogen and oxygen atoms in total. The monoisotopic (exact) mass is 421 g/mol. The smallest absolute Gasteiger partial charge is 0.350 e. The maximum absolute atomic E-state index is 12.8. The normalized spacial score (nSPS) is 12.4. The molecule has 164 valence electrons. The summed E-state index contributed by atoms with van der Waals surface area (Å²) in [5.41, 5.74) is 3.27. The Hall–Kier alpha value is -3.33. The largest absolute Gasteiger partial charge is 0.443 e. The molecule has 0 aliphatic carbocycles. The van der Waals surface area contributed by atoms with Crippen molar-refractivity contribution in [2.75, 3.05) is 14.1 Å². The SMILES string of the molecule is Cc1cc(/C=C(\C#N)C(=O)O[C@@H](C(=O)N(C)C)c2ccccc2)c(C)n1CCC(C)C. The lowest BCUT2D eigenvalue weighted by molar-refractivity contribution is -0.156. The first kappa shape index (κ1) is 23.9. The fraction of sp³-hybridized carbons (Fsp3) is 0.400. The first-order valence-electron chi connectivity index (χ1n) is 10.4. The van der Waals surface area contributed by atoms with E-state index in [-0.39, 0.29) is 11.5 Å². The second-order valence-electron chi connectivity index (χ2n) is 8.26. The van der Waals surface area contributed by atoms with Crippen LogP contribution in [0.3, 0.4) is 0 Å². The Balaban J connectivity index is 2.32. The van der Waals surface area contributed by atoms with Gasteiger partial charge in [-0.05, 0) is 43.9 Å². The van der Waals surface area contributed by atoms with Crippen LogP contribution in [-0.2, 0) is 20.9 Å². The third kappa shape index (κ3) is 6.08. The number of carbonyl (C=O) groups excluding carboxylic acids is 2. The van der Waals surface area contributed by atoms with Crippen molar-refractivity contribution in [1.29, 1.82) is 5.26 Å². The van der Waals surface area contributed by atoms with E-state index >= 15 is 0 Å². The zero-order chi connectivity index (χ0) is 23.1. The van der Waals surface area contributed by atoms with Gasteiger partial charge in [-0.15, -0.1) is 0 Å². The van der Waals surface area contributed by atoms with Crippen molar-refractivity contribution in [3.05, 3.63) is 64.5 Å². The summed E-state index contributed by atoms with van der Waals surface area (Å²) in [5.74, 6) is -0.615. The molecule has 1 aromatic carbocycles. The van der Waals surface area contributed by atoms with Crippen molar-refractivity contribution < 1.29 is 14.3 Å². The topological polar surface area (TPSA) is 75.3 Å². The number of benzene rings is 1. The number of hydrogen-bond acceptors (Lipinski definition) is 4. The van der Waals surface area contributed by atoms with Gasteiger partial charge in [-0.1, -0.05) is 44.2 Å². The van der Waals surface area contributed by atoms with Gasteiger partial charge in [0.15, 0.2) is 0 Å². The molecule has 1 amide bonds. The fourth-order valence-corrected chi connectivity index (χ4v) is 3.29. The summed E-state index contributed by atoms with van der Waals surface area (Å²) in [7, 11) is 3.19. The molecular weight excluding hydrogens is 390 g/mol. The van der Waals surface area contributed by atoms with Crippen molar-refractivity contribution in [2.45, 2.75) is 46.8 Å². The van der Waals surface area contributed by atoms with E-state index in [1.807, 2.05) is 32.0 Å². The second-order valence-corrected chi connectivity index (χ2v) is 8.26. The molecule has 1 heterocycles. The third-order valence-corrected chi connectivity index (χ3v) is 5.18. The van der Waals surface area contributed by atoms with Gasteiger partial charge in [0.05, 0.1) is 0 Å². The average Bonchev–Trinajstić information content (AvgIpc) is 3.00. The van der Waals surface area contributed by atoms with Crippen molar-refractivity contribution in [2.24, 2.45) is 5.92 Å². The highest BCUT2D eigenvalue weighted by molar-refractivity contribution is 5.99. The number of hydrogen-bond donors (Lipinski definition) is 0. The summed E-state index contributed by atoms with van der Waals surface area (Å²) in [4.78, 5) is 26.8. The molecule has 2 rings (SSSR count). The molecule has 0 saturated carbocycles. The Labute approximate surface area is 184 Å². The fourth-order valence-electron chi connectivity index (χ4n) is 3.29. The first-order chi connectivity index (χ1) is 14.6. The minimum absolute atomic E-state index is 0.142. The average molecular weight is 422 g/mol. The maximum atomic E-state index is 12.8. The number of nitriles is 1. The number of esters is 1. The van der Waals surface area contributed by atoms with E-state index in [2.05, 4.69) is 18.4 Å². The molecule has 1 atom stereocenters. The minimum atomic E-state index is -1.11. The van der Waals surface area contributed by atoms with Gasteiger partial charge in [-0.25, -0.2) is 4.79 Å². The standard InChI is InChI=1S/C25H31N3O3/c1-17(2)12-13-28-18(3)14-21(19(28)4)15-22(16-26)25(30)31-23(24(29)27(5)6)20-10-8-7-9-11-20/h7-11,14-15,17,23H,12-13H2,1-6H3/b22-15+/t23-/m1/s1. The van der Waals surface area contributed by atoms with Crippen LogP contribution >= 0.6 is 0 Å². The van der Waals surface area contributed by atoms with Crippen molar-refractivity contribution >= 4 is 18.0 Å². The van der Waals surface area contributed by atoms with Gasteiger partial charge in [0.25, 0.3) is 5.91 Å². The van der Waals surface area contributed by atoms with Crippen LogP contribution in [0.25, 0.3) is 6.08 Å². The predicted molar refractivity (Wildman–Crippen MR) is 121 cm³/mol. The quantitative estimate of drug-likeness (QED) is 0.359. The summed E-state index contributed by atoms with van der Waals surface area (Å²) >= 11 is 0. The number of carbonyl (C=O) groups is 2. The van der Waals surface area contributed by atoms with Crippen LogP contribution in [0.5, 0.6) is 0 Å². The highest BCUT2D eigenvalue weighted by Crippen LogP contribution is 2.23. The van der Waals surface area contributed by atoms with Crippen LogP contribution in [0.2, 0.25) is 0 Å². The summed E-state index contributed by atoms with van der Waals surface area (Å²) in [6, 6.07) is 12.7. The van der Waals surface area contributed by atoms with Crippen LogP contribution in [0.15, 0.2) is 42.0 Å². The highest BCUT2D eigenvalue weighted by Gasteiger charge is 2.28. The van der Waals surface area contributed by atoms with E-state index in [0.29, 0.717) is 11.5 Å². The molecule has 0 bridgehead atoms. The number of rotatable bonds is 8. The summed E-state index contributed by atoms with van der Waals surface area (Å²) in [6.07, 6.45) is 1.47. The van der Waals surface area contributed by atoms with Crippen LogP contribution in [-0.4, -0.2) is 35.4 Å². The Bertz CT molecular complexity index is 995.